The van der Waals surface area contributed by atoms with Gasteiger partial charge in [-0.05, 0) is 80.8 Å². The number of allylic oxidation sites excluding steroid dienone is 4. The summed E-state index contributed by atoms with van der Waals surface area (Å²) < 4.78 is 12.2. The van der Waals surface area contributed by atoms with Gasteiger partial charge in [-0.2, -0.15) is 0 Å². The van der Waals surface area contributed by atoms with Gasteiger partial charge in [0.2, 0.25) is 11.6 Å². The highest BCUT2D eigenvalue weighted by Crippen LogP contribution is 2.48. The first kappa shape index (κ1) is 30.0. The number of rotatable bonds is 4. The maximum Gasteiger partial charge on any atom is 0.213 e. The molecule has 8 heterocycles. The van der Waals surface area contributed by atoms with Crippen LogP contribution in [0.25, 0.3) is 74.1 Å². The molecule has 252 valence electrons. The van der Waals surface area contributed by atoms with Crippen molar-refractivity contribution in [1.82, 2.24) is 18.3 Å². The summed E-state index contributed by atoms with van der Waals surface area (Å²) in [7, 11) is 0. The number of hydrogen-bond donors (Lipinski definition) is 2. The zero-order valence-electron chi connectivity index (χ0n) is 26.8. The number of aliphatic hydroxyl groups excluding tert-OH is 2. The van der Waals surface area contributed by atoms with E-state index in [1.54, 1.807) is 49.9 Å². The van der Waals surface area contributed by atoms with Crippen LogP contribution in [0.2, 0.25) is 0 Å². The van der Waals surface area contributed by atoms with Gasteiger partial charge in [-0.15, -0.1) is 45.3 Å². The zero-order valence-corrected chi connectivity index (χ0v) is 30.1. The van der Waals surface area contributed by atoms with Crippen LogP contribution in [0, 0.1) is 0 Å². The molecule has 10 aromatic rings. The van der Waals surface area contributed by atoms with Gasteiger partial charge in [0.25, 0.3) is 0 Å². The van der Waals surface area contributed by atoms with Gasteiger partial charge in [0, 0.05) is 17.9 Å². The standard InChI is InChI=1S/C20H10N2O2S4.C20H14N2O2/c23-15-13(21-9-1-5-25-17(9)18-10(21)2-6-26-18)16(24)14(15)22-11-3-7-27-19(11)20-12(22)4-8-28-20;23-19-17(21-11-9-13-5-1-3-7-15(13)21)20(24)18(19)22-12-10-14-6-2-4-8-16(14)22/h1-8,13,23H;1-12,17,23H. The average Bonchev–Trinajstić information content (AvgIpc) is 4.01. The van der Waals surface area contributed by atoms with Crippen LogP contribution in [0.4, 0.5) is 0 Å². The predicted octanol–water partition coefficient (Wildman–Crippen LogP) is 10.8. The summed E-state index contributed by atoms with van der Waals surface area (Å²) in [6, 6.07) is 26.4. The van der Waals surface area contributed by atoms with Gasteiger partial charge in [-0.25, -0.2) is 0 Å². The SMILES string of the molecule is O=C1C(n2c3ccsc3c3sccc32)=C(O)C1n1c2ccsc2c2sccc21.O=C1C(n2ccc3ccccc32)=C(O)C1n1ccc2ccccc21. The second-order valence-corrected chi connectivity index (χ2v) is 16.4. The van der Waals surface area contributed by atoms with E-state index in [9.17, 15) is 19.8 Å². The van der Waals surface area contributed by atoms with Crippen molar-refractivity contribution in [2.75, 3.05) is 0 Å². The minimum absolute atomic E-state index is 0.0371. The van der Waals surface area contributed by atoms with Gasteiger partial charge in [-0.3, -0.25) is 9.59 Å². The first-order valence-electron chi connectivity index (χ1n) is 16.5. The number of para-hydroxylation sites is 2. The Balaban J connectivity index is 0.000000125. The van der Waals surface area contributed by atoms with Gasteiger partial charge in [0.15, 0.2) is 23.6 Å². The summed E-state index contributed by atoms with van der Waals surface area (Å²) in [6.45, 7) is 0. The number of thiophene rings is 4. The normalized spacial score (nSPS) is 17.7. The van der Waals surface area contributed by atoms with Crippen LogP contribution >= 0.6 is 45.3 Å². The molecule has 0 bridgehead atoms. The van der Waals surface area contributed by atoms with Crippen molar-refractivity contribution in [2.45, 2.75) is 12.1 Å². The summed E-state index contributed by atoms with van der Waals surface area (Å²) in [4.78, 5) is 26.2. The van der Waals surface area contributed by atoms with Crippen molar-refractivity contribution < 1.29 is 19.8 Å². The largest absolute Gasteiger partial charge is 0.507 e. The molecule has 0 fully saturated rings. The average molecular weight is 753 g/mol. The van der Waals surface area contributed by atoms with Gasteiger partial charge in [-0.1, -0.05) is 36.4 Å². The van der Waals surface area contributed by atoms with Crippen molar-refractivity contribution in [3.63, 3.8) is 0 Å². The third kappa shape index (κ3) is 3.89. The van der Waals surface area contributed by atoms with Gasteiger partial charge < -0.3 is 28.5 Å². The van der Waals surface area contributed by atoms with E-state index in [1.165, 1.54) is 18.8 Å². The molecule has 0 aliphatic heterocycles. The Kier molecular flexibility index (Phi) is 6.30. The highest BCUT2D eigenvalue weighted by Gasteiger charge is 2.45. The lowest BCUT2D eigenvalue weighted by atomic mass is 9.93. The predicted molar refractivity (Wildman–Crippen MR) is 214 cm³/mol. The van der Waals surface area contributed by atoms with Gasteiger partial charge >= 0.3 is 0 Å². The zero-order chi connectivity index (χ0) is 34.8. The van der Waals surface area contributed by atoms with E-state index in [0.717, 1.165) is 43.9 Å². The summed E-state index contributed by atoms with van der Waals surface area (Å²) >= 11 is 6.70. The Bertz CT molecular complexity index is 3090. The quantitative estimate of drug-likeness (QED) is 0.187. The van der Waals surface area contributed by atoms with E-state index < -0.39 is 12.1 Å². The number of aromatic nitrogens is 4. The Morgan fingerprint density at radius 2 is 0.962 bits per heavy atom. The molecule has 2 aliphatic carbocycles. The van der Waals surface area contributed by atoms with E-state index in [4.69, 9.17) is 0 Å². The second kappa shape index (κ2) is 10.9. The van der Waals surface area contributed by atoms with Crippen molar-refractivity contribution in [1.29, 1.82) is 0 Å². The molecule has 0 saturated heterocycles. The highest BCUT2D eigenvalue weighted by atomic mass is 32.1. The van der Waals surface area contributed by atoms with Crippen LogP contribution in [0.3, 0.4) is 0 Å². The number of fused-ring (bicyclic) bond motifs is 8. The summed E-state index contributed by atoms with van der Waals surface area (Å²) in [5.41, 5.74) is 6.65. The van der Waals surface area contributed by atoms with Crippen LogP contribution in [-0.2, 0) is 9.59 Å². The highest BCUT2D eigenvalue weighted by molar-refractivity contribution is 7.26. The van der Waals surface area contributed by atoms with E-state index in [1.807, 2.05) is 133 Å². The molecular weight excluding hydrogens is 729 g/mol. The molecule has 12 rings (SSSR count). The van der Waals surface area contributed by atoms with Crippen LogP contribution in [-0.4, -0.2) is 40.0 Å². The van der Waals surface area contributed by atoms with Crippen molar-refractivity contribution >= 4 is 131 Å². The maximum absolute atomic E-state index is 13.4. The van der Waals surface area contributed by atoms with Crippen molar-refractivity contribution in [3.05, 3.63) is 130 Å². The molecular formula is C40H24N4O4S4. The molecule has 0 amide bonds. The molecule has 12 heteroatoms. The minimum Gasteiger partial charge on any atom is -0.507 e. The Labute approximate surface area is 309 Å². The van der Waals surface area contributed by atoms with Crippen LogP contribution in [0.15, 0.2) is 130 Å². The van der Waals surface area contributed by atoms with E-state index in [-0.39, 0.29) is 23.1 Å². The molecule has 8 nitrogen and oxygen atoms in total. The molecule has 8 aromatic heterocycles. The lowest BCUT2D eigenvalue weighted by Gasteiger charge is -2.30. The molecule has 0 radical (unpaired) electrons. The second-order valence-electron chi connectivity index (χ2n) is 12.8. The first-order chi connectivity index (χ1) is 25.5. The number of hydrogen-bond acceptors (Lipinski definition) is 8. The first-order valence-corrected chi connectivity index (χ1v) is 20.0. The van der Waals surface area contributed by atoms with Gasteiger partial charge in [0.05, 0.1) is 46.4 Å². The fourth-order valence-electron chi connectivity index (χ4n) is 7.84. The number of ketones is 2. The maximum atomic E-state index is 13.4. The van der Waals surface area contributed by atoms with Crippen LogP contribution < -0.4 is 0 Å². The topological polar surface area (TPSA) is 94.3 Å². The number of carbonyl (C=O) groups excluding carboxylic acids is 2. The van der Waals surface area contributed by atoms with E-state index >= 15 is 0 Å². The minimum atomic E-state index is -0.649. The molecule has 52 heavy (non-hydrogen) atoms. The molecule has 2 N–H and O–H groups in total. The van der Waals surface area contributed by atoms with E-state index in [0.29, 0.717) is 11.4 Å². The summed E-state index contributed by atoms with van der Waals surface area (Å²) in [5.74, 6) is 0.153. The lowest BCUT2D eigenvalue weighted by molar-refractivity contribution is -0.119. The van der Waals surface area contributed by atoms with Crippen LogP contribution in [0.1, 0.15) is 12.1 Å². The fourth-order valence-corrected chi connectivity index (χ4v) is 11.7. The Hall–Kier alpha value is -5.66. The lowest BCUT2D eigenvalue weighted by Crippen LogP contribution is -2.35. The summed E-state index contributed by atoms with van der Waals surface area (Å²) in [5, 5.41) is 32.0. The van der Waals surface area contributed by atoms with E-state index in [2.05, 4.69) is 0 Å². The number of benzene rings is 2. The van der Waals surface area contributed by atoms with Crippen molar-refractivity contribution in [2.24, 2.45) is 0 Å². The third-order valence-corrected chi connectivity index (χ3v) is 14.1. The number of Topliss-reactive ketones (excluding diaryl/α,β-unsaturated/α-hetero) is 2. The fraction of sp³-hybridized carbons (Fsp3) is 0.0500. The Morgan fingerprint density at radius 3 is 1.56 bits per heavy atom. The monoisotopic (exact) mass is 752 g/mol. The number of carbonyl (C=O) groups is 2. The summed E-state index contributed by atoms with van der Waals surface area (Å²) in [6.07, 6.45) is 3.69. The molecule has 0 saturated carbocycles. The molecule has 0 spiro atoms. The van der Waals surface area contributed by atoms with Crippen LogP contribution in [0.5, 0.6) is 0 Å². The number of nitrogens with zero attached hydrogens (tertiary/aromatic N) is 4. The smallest absolute Gasteiger partial charge is 0.213 e. The molecule has 2 unspecified atom stereocenters. The third-order valence-electron chi connectivity index (χ3n) is 10.2. The van der Waals surface area contributed by atoms with Crippen molar-refractivity contribution in [3.8, 4) is 0 Å². The molecule has 2 aromatic carbocycles. The van der Waals surface area contributed by atoms with Gasteiger partial charge in [0.1, 0.15) is 11.4 Å². The molecule has 2 atom stereocenters. The number of aliphatic hydroxyl groups is 2. The molecule has 2 aliphatic rings. The Morgan fingerprint density at radius 1 is 0.481 bits per heavy atom.